The van der Waals surface area contributed by atoms with E-state index in [4.69, 9.17) is 9.47 Å². The average Bonchev–Trinajstić information content (AvgIpc) is 2.97. The summed E-state index contributed by atoms with van der Waals surface area (Å²) in [6, 6.07) is 11.7. The molecule has 3 aromatic rings. The Morgan fingerprint density at radius 3 is 2.76 bits per heavy atom. The predicted molar refractivity (Wildman–Crippen MR) is 104 cm³/mol. The highest BCUT2D eigenvalue weighted by molar-refractivity contribution is 5.45. The monoisotopic (exact) mass is 399 g/mol. The van der Waals surface area contributed by atoms with Crippen molar-refractivity contribution >= 4 is 5.82 Å². The lowest BCUT2D eigenvalue weighted by Crippen LogP contribution is -2.23. The molecule has 150 valence electrons. The second kappa shape index (κ2) is 7.54. The molecule has 2 heterocycles. The molecule has 0 fully saturated rings. The van der Waals surface area contributed by atoms with Gasteiger partial charge in [0.25, 0.3) is 0 Å². The van der Waals surface area contributed by atoms with Crippen LogP contribution in [0.3, 0.4) is 0 Å². The van der Waals surface area contributed by atoms with Crippen molar-refractivity contribution in [2.24, 2.45) is 0 Å². The fraction of sp³-hybridized carbons (Fsp3) is 0.238. The lowest BCUT2D eigenvalue weighted by Gasteiger charge is -2.16. The number of fused-ring (bicyclic) bond motifs is 1. The zero-order valence-corrected chi connectivity index (χ0v) is 15.9. The number of nitrogens with zero attached hydrogens (tertiary/aromatic N) is 3. The Bertz CT molecular complexity index is 1120. The standard InChI is InChI=1S/C21H19F2N3O3/c1-13-11-26-20(25(13)2)10-19(24-21(26)27)28-12-14-6-7-18(17(23)8-14)29-16-5-3-4-15(22)9-16/h3-10,13H,11-12H2,1-2H3/t13-/m0/s1. The van der Waals surface area contributed by atoms with E-state index < -0.39 is 11.6 Å². The molecule has 6 nitrogen and oxygen atoms in total. The number of rotatable bonds is 5. The molecule has 1 aliphatic rings. The highest BCUT2D eigenvalue weighted by Crippen LogP contribution is 2.27. The SMILES string of the molecule is C[C@H]1Cn2c(cc(OCc3ccc(Oc4cccc(F)c4)c(F)c3)nc2=O)N1C. The number of hydrogen-bond donors (Lipinski definition) is 0. The Labute approximate surface area is 165 Å². The summed E-state index contributed by atoms with van der Waals surface area (Å²) in [5, 5.41) is 0. The van der Waals surface area contributed by atoms with Crippen LogP contribution in [0, 0.1) is 11.6 Å². The molecular formula is C21H19F2N3O3. The van der Waals surface area contributed by atoms with E-state index in [0.29, 0.717) is 12.1 Å². The van der Waals surface area contributed by atoms with Gasteiger partial charge in [0.15, 0.2) is 11.6 Å². The fourth-order valence-corrected chi connectivity index (χ4v) is 3.16. The number of benzene rings is 2. The summed E-state index contributed by atoms with van der Waals surface area (Å²) in [5.41, 5.74) is 0.164. The molecule has 0 amide bonds. The van der Waals surface area contributed by atoms with Gasteiger partial charge in [-0.05, 0) is 36.8 Å². The van der Waals surface area contributed by atoms with Crippen LogP contribution in [0.25, 0.3) is 0 Å². The molecule has 0 saturated heterocycles. The molecular weight excluding hydrogens is 380 g/mol. The van der Waals surface area contributed by atoms with E-state index in [1.807, 2.05) is 18.9 Å². The van der Waals surface area contributed by atoms with Crippen LogP contribution in [0.15, 0.2) is 53.3 Å². The van der Waals surface area contributed by atoms with E-state index in [1.54, 1.807) is 16.7 Å². The molecule has 1 atom stereocenters. The van der Waals surface area contributed by atoms with Gasteiger partial charge in [0, 0.05) is 31.8 Å². The lowest BCUT2D eigenvalue weighted by molar-refractivity contribution is 0.290. The topological polar surface area (TPSA) is 56.6 Å². The van der Waals surface area contributed by atoms with Gasteiger partial charge in [-0.1, -0.05) is 12.1 Å². The molecule has 2 aromatic carbocycles. The van der Waals surface area contributed by atoms with E-state index in [9.17, 15) is 13.6 Å². The van der Waals surface area contributed by atoms with Gasteiger partial charge < -0.3 is 14.4 Å². The van der Waals surface area contributed by atoms with Crippen molar-refractivity contribution < 1.29 is 18.3 Å². The number of aromatic nitrogens is 2. The van der Waals surface area contributed by atoms with Gasteiger partial charge >= 0.3 is 5.69 Å². The normalized spacial score (nSPS) is 15.3. The van der Waals surface area contributed by atoms with Crippen molar-refractivity contribution in [3.8, 4) is 17.4 Å². The van der Waals surface area contributed by atoms with E-state index in [-0.39, 0.29) is 35.7 Å². The first-order chi connectivity index (χ1) is 13.9. The Morgan fingerprint density at radius 2 is 2.00 bits per heavy atom. The molecule has 0 aliphatic carbocycles. The number of halogens is 2. The summed E-state index contributed by atoms with van der Waals surface area (Å²) in [7, 11) is 1.90. The molecule has 0 bridgehead atoms. The summed E-state index contributed by atoms with van der Waals surface area (Å²) in [5.74, 6) is 0.0229. The van der Waals surface area contributed by atoms with E-state index in [0.717, 1.165) is 5.82 Å². The minimum Gasteiger partial charge on any atom is -0.473 e. The van der Waals surface area contributed by atoms with Gasteiger partial charge in [-0.3, -0.25) is 4.57 Å². The van der Waals surface area contributed by atoms with Crippen molar-refractivity contribution in [1.82, 2.24) is 9.55 Å². The number of ether oxygens (including phenoxy) is 2. The predicted octanol–water partition coefficient (Wildman–Crippen LogP) is 3.73. The molecule has 29 heavy (non-hydrogen) atoms. The summed E-state index contributed by atoms with van der Waals surface area (Å²) in [6.07, 6.45) is 0. The second-order valence-corrected chi connectivity index (χ2v) is 6.92. The molecule has 0 radical (unpaired) electrons. The summed E-state index contributed by atoms with van der Waals surface area (Å²) < 4.78 is 40.2. The third-order valence-corrected chi connectivity index (χ3v) is 4.84. The second-order valence-electron chi connectivity index (χ2n) is 6.92. The van der Waals surface area contributed by atoms with Crippen LogP contribution < -0.4 is 20.1 Å². The Balaban J connectivity index is 1.46. The third-order valence-electron chi connectivity index (χ3n) is 4.84. The third kappa shape index (κ3) is 3.91. The van der Waals surface area contributed by atoms with Crippen LogP contribution in [0.2, 0.25) is 0 Å². The number of likely N-dealkylation sites (N-methyl/N-ethyl adjacent to an activating group) is 1. The minimum absolute atomic E-state index is 0.0242. The van der Waals surface area contributed by atoms with Crippen LogP contribution >= 0.6 is 0 Å². The highest BCUT2D eigenvalue weighted by Gasteiger charge is 2.25. The smallest absolute Gasteiger partial charge is 0.352 e. The molecule has 0 spiro atoms. The first-order valence-electron chi connectivity index (χ1n) is 9.10. The van der Waals surface area contributed by atoms with Gasteiger partial charge in [-0.25, -0.2) is 13.6 Å². The van der Waals surface area contributed by atoms with Crippen molar-refractivity contribution in [3.63, 3.8) is 0 Å². The van der Waals surface area contributed by atoms with Crippen LogP contribution in [0.4, 0.5) is 14.6 Å². The Morgan fingerprint density at radius 1 is 1.17 bits per heavy atom. The summed E-state index contributed by atoms with van der Waals surface area (Å²) >= 11 is 0. The summed E-state index contributed by atoms with van der Waals surface area (Å²) in [6.45, 7) is 2.63. The molecule has 0 unspecified atom stereocenters. The van der Waals surface area contributed by atoms with Crippen molar-refractivity contribution in [3.05, 3.63) is 76.2 Å². The van der Waals surface area contributed by atoms with Crippen LogP contribution in [-0.4, -0.2) is 22.6 Å². The summed E-state index contributed by atoms with van der Waals surface area (Å²) in [4.78, 5) is 18.1. The molecule has 1 aliphatic heterocycles. The minimum atomic E-state index is -0.606. The van der Waals surface area contributed by atoms with Gasteiger partial charge in [0.05, 0.1) is 0 Å². The van der Waals surface area contributed by atoms with E-state index in [1.165, 1.54) is 36.4 Å². The largest absolute Gasteiger partial charge is 0.473 e. The quantitative estimate of drug-likeness (QED) is 0.654. The fourth-order valence-electron chi connectivity index (χ4n) is 3.16. The van der Waals surface area contributed by atoms with E-state index >= 15 is 0 Å². The Hall–Kier alpha value is -3.42. The molecule has 8 heteroatoms. The van der Waals surface area contributed by atoms with Crippen molar-refractivity contribution in [2.45, 2.75) is 26.1 Å². The average molecular weight is 399 g/mol. The van der Waals surface area contributed by atoms with Gasteiger partial charge in [0.2, 0.25) is 5.88 Å². The molecule has 0 N–H and O–H groups in total. The maximum absolute atomic E-state index is 14.4. The first kappa shape index (κ1) is 18.9. The zero-order chi connectivity index (χ0) is 20.5. The zero-order valence-electron chi connectivity index (χ0n) is 15.9. The van der Waals surface area contributed by atoms with Gasteiger partial charge in [0.1, 0.15) is 24.0 Å². The maximum Gasteiger partial charge on any atom is 0.352 e. The van der Waals surface area contributed by atoms with E-state index in [2.05, 4.69) is 4.98 Å². The van der Waals surface area contributed by atoms with Gasteiger partial charge in [-0.2, -0.15) is 4.98 Å². The Kier molecular flexibility index (Phi) is 4.92. The van der Waals surface area contributed by atoms with Gasteiger partial charge in [-0.15, -0.1) is 0 Å². The number of anilines is 1. The highest BCUT2D eigenvalue weighted by atomic mass is 19.1. The van der Waals surface area contributed by atoms with Crippen molar-refractivity contribution in [2.75, 3.05) is 11.9 Å². The van der Waals surface area contributed by atoms with Crippen LogP contribution in [0.1, 0.15) is 12.5 Å². The van der Waals surface area contributed by atoms with Crippen LogP contribution in [-0.2, 0) is 13.2 Å². The van der Waals surface area contributed by atoms with Crippen molar-refractivity contribution in [1.29, 1.82) is 0 Å². The van der Waals surface area contributed by atoms with Crippen LogP contribution in [0.5, 0.6) is 17.4 Å². The lowest BCUT2D eigenvalue weighted by atomic mass is 10.2. The number of hydrogen-bond acceptors (Lipinski definition) is 5. The first-order valence-corrected chi connectivity index (χ1v) is 9.10. The maximum atomic E-state index is 14.4. The molecule has 4 rings (SSSR count). The molecule has 1 aromatic heterocycles. The molecule has 0 saturated carbocycles.